The van der Waals surface area contributed by atoms with E-state index in [2.05, 4.69) is 23.0 Å². The molecule has 234 valence electrons. The number of hydrogen-bond donors (Lipinski definition) is 0. The molecule has 11 heteroatoms. The number of hydrogen-bond acceptors (Lipinski definition) is 8. The molecule has 0 bridgehead atoms. The van der Waals surface area contributed by atoms with Crippen molar-refractivity contribution in [2.75, 3.05) is 71.0 Å². The first-order valence-corrected chi connectivity index (χ1v) is 15.8. The summed E-state index contributed by atoms with van der Waals surface area (Å²) >= 11 is 0. The van der Waals surface area contributed by atoms with Crippen LogP contribution in [0.4, 0.5) is 10.1 Å². The zero-order valence-electron chi connectivity index (χ0n) is 25.4. The number of carbonyl (C=O) groups excluding carboxylic acids is 1. The summed E-state index contributed by atoms with van der Waals surface area (Å²) in [5.41, 5.74) is 1.19. The largest absolute Gasteiger partial charge is 0.496 e. The molecule has 0 unspecified atom stereocenters. The van der Waals surface area contributed by atoms with Gasteiger partial charge in [-0.2, -0.15) is 4.31 Å². The number of Topliss-reactive ketones (excluding diaryl/α,β-unsaturated/α-hetero) is 1. The average Bonchev–Trinajstić information content (AvgIpc) is 3.00. The fourth-order valence-electron chi connectivity index (χ4n) is 4.86. The topological polar surface area (TPSA) is 88.6 Å². The Bertz CT molecular complexity index is 1200. The Balaban J connectivity index is 0.000000535. The van der Waals surface area contributed by atoms with Crippen LogP contribution in [0.1, 0.15) is 44.0 Å². The highest BCUT2D eigenvalue weighted by Crippen LogP contribution is 2.32. The zero-order chi connectivity index (χ0) is 31.1. The van der Waals surface area contributed by atoms with Gasteiger partial charge in [0.2, 0.25) is 10.0 Å². The quantitative estimate of drug-likeness (QED) is 0.204. The number of unbranched alkanes of at least 4 members (excludes halogenated alkanes) is 1. The van der Waals surface area contributed by atoms with Crippen LogP contribution in [0.15, 0.2) is 60.5 Å². The van der Waals surface area contributed by atoms with E-state index in [4.69, 9.17) is 14.2 Å². The molecular weight excluding hydrogens is 561 g/mol. The van der Waals surface area contributed by atoms with Gasteiger partial charge in [0.1, 0.15) is 11.6 Å². The van der Waals surface area contributed by atoms with Gasteiger partial charge in [0, 0.05) is 51.6 Å². The summed E-state index contributed by atoms with van der Waals surface area (Å²) in [5, 5.41) is 0. The van der Waals surface area contributed by atoms with E-state index in [-0.39, 0.29) is 34.9 Å². The van der Waals surface area contributed by atoms with Crippen molar-refractivity contribution in [3.05, 3.63) is 67.0 Å². The standard InChI is InChI=1S/C23H28FN3O4S.C6H14O2.C2H4/c1-31-21-5-4-6-22-23(21)20(28)17-27(32(22,29)30)12-3-2-11-25-13-15-26(16-14-25)19-9-7-18(24)8-10-19;1-4-7-6(3)8-5-2;1-2/h4-10H,2-3,11-17H2,1H3;6H,4-5H2,1-3H3;1-2H2. The summed E-state index contributed by atoms with van der Waals surface area (Å²) in [4.78, 5) is 17.2. The van der Waals surface area contributed by atoms with Crippen molar-refractivity contribution in [1.82, 2.24) is 9.21 Å². The van der Waals surface area contributed by atoms with Crippen molar-refractivity contribution in [3.63, 3.8) is 0 Å². The van der Waals surface area contributed by atoms with Crippen LogP contribution in [0.2, 0.25) is 0 Å². The Hall–Kier alpha value is -2.83. The number of rotatable bonds is 11. The van der Waals surface area contributed by atoms with Crippen LogP contribution in [0.3, 0.4) is 0 Å². The molecule has 0 radical (unpaired) electrons. The summed E-state index contributed by atoms with van der Waals surface area (Å²) in [6.07, 6.45) is 1.50. The van der Waals surface area contributed by atoms with E-state index in [1.807, 2.05) is 20.8 Å². The number of nitrogens with zero attached hydrogens (tertiary/aromatic N) is 3. The minimum atomic E-state index is -3.71. The number of benzene rings is 2. The molecule has 0 N–H and O–H groups in total. The van der Waals surface area contributed by atoms with Crippen LogP contribution in [-0.4, -0.2) is 95.8 Å². The second-order valence-corrected chi connectivity index (χ2v) is 11.5. The van der Waals surface area contributed by atoms with Crippen LogP contribution >= 0.6 is 0 Å². The van der Waals surface area contributed by atoms with Crippen molar-refractivity contribution in [3.8, 4) is 5.75 Å². The number of piperazine rings is 1. The number of methoxy groups -OCH3 is 1. The molecule has 0 amide bonds. The Labute approximate surface area is 250 Å². The predicted octanol–water partition coefficient (Wildman–Crippen LogP) is 4.83. The van der Waals surface area contributed by atoms with Gasteiger partial charge in [0.25, 0.3) is 0 Å². The van der Waals surface area contributed by atoms with Gasteiger partial charge in [-0.1, -0.05) is 6.07 Å². The van der Waals surface area contributed by atoms with Crippen LogP contribution in [0.25, 0.3) is 0 Å². The first-order chi connectivity index (χ1) is 20.2. The van der Waals surface area contributed by atoms with Crippen molar-refractivity contribution in [1.29, 1.82) is 0 Å². The van der Waals surface area contributed by atoms with Crippen molar-refractivity contribution < 1.29 is 31.8 Å². The molecule has 2 aliphatic rings. The van der Waals surface area contributed by atoms with Crippen molar-refractivity contribution >= 4 is 21.5 Å². The smallest absolute Gasteiger partial charge is 0.244 e. The molecule has 0 atom stereocenters. The summed E-state index contributed by atoms with van der Waals surface area (Å²) in [6, 6.07) is 11.2. The van der Waals surface area contributed by atoms with Gasteiger partial charge < -0.3 is 19.1 Å². The van der Waals surface area contributed by atoms with Crippen LogP contribution in [0, 0.1) is 5.82 Å². The second-order valence-electron chi connectivity index (χ2n) is 9.59. The Morgan fingerprint density at radius 2 is 1.52 bits per heavy atom. The second kappa shape index (κ2) is 18.0. The molecule has 2 aliphatic heterocycles. The molecule has 0 aromatic heterocycles. The molecule has 2 aromatic carbocycles. The molecule has 42 heavy (non-hydrogen) atoms. The summed E-state index contributed by atoms with van der Waals surface area (Å²) in [6.45, 7) is 17.9. The number of sulfonamides is 1. The van der Waals surface area contributed by atoms with E-state index in [1.165, 1.54) is 29.6 Å². The molecule has 2 heterocycles. The number of ether oxygens (including phenoxy) is 3. The van der Waals surface area contributed by atoms with Gasteiger partial charge in [0.05, 0.1) is 24.1 Å². The molecule has 4 rings (SSSR count). The highest BCUT2D eigenvalue weighted by Gasteiger charge is 2.37. The molecule has 1 saturated heterocycles. The zero-order valence-corrected chi connectivity index (χ0v) is 26.2. The van der Waals surface area contributed by atoms with E-state index < -0.39 is 10.0 Å². The van der Waals surface area contributed by atoms with Crippen LogP contribution < -0.4 is 9.64 Å². The van der Waals surface area contributed by atoms with E-state index in [1.54, 1.807) is 24.3 Å². The summed E-state index contributed by atoms with van der Waals surface area (Å²) in [5.74, 6) is -0.160. The maximum absolute atomic E-state index is 13.1. The minimum absolute atomic E-state index is 0.0324. The fraction of sp³-hybridized carbons (Fsp3) is 0.516. The van der Waals surface area contributed by atoms with E-state index >= 15 is 0 Å². The maximum Gasteiger partial charge on any atom is 0.244 e. The highest BCUT2D eigenvalue weighted by molar-refractivity contribution is 7.89. The average molecular weight is 608 g/mol. The van der Waals surface area contributed by atoms with Gasteiger partial charge >= 0.3 is 0 Å². The summed E-state index contributed by atoms with van der Waals surface area (Å²) in [7, 11) is -2.28. The third kappa shape index (κ3) is 9.88. The lowest BCUT2D eigenvalue weighted by atomic mass is 10.1. The van der Waals surface area contributed by atoms with E-state index in [0.29, 0.717) is 18.7 Å². The first kappa shape index (κ1) is 35.4. The van der Waals surface area contributed by atoms with Crippen molar-refractivity contribution in [2.24, 2.45) is 0 Å². The third-order valence-corrected chi connectivity index (χ3v) is 8.81. The molecular formula is C31H46FN3O6S. The normalized spacial score (nSPS) is 16.6. The number of ketones is 1. The fourth-order valence-corrected chi connectivity index (χ4v) is 6.51. The lowest BCUT2D eigenvalue weighted by molar-refractivity contribution is -0.123. The first-order valence-electron chi connectivity index (χ1n) is 14.4. The Morgan fingerprint density at radius 1 is 0.929 bits per heavy atom. The van der Waals surface area contributed by atoms with Crippen LogP contribution in [-0.2, 0) is 19.5 Å². The highest BCUT2D eigenvalue weighted by atomic mass is 32.2. The maximum atomic E-state index is 13.1. The minimum Gasteiger partial charge on any atom is -0.496 e. The van der Waals surface area contributed by atoms with Crippen LogP contribution in [0.5, 0.6) is 5.75 Å². The van der Waals surface area contributed by atoms with Gasteiger partial charge in [-0.05, 0) is 76.6 Å². The number of carbonyl (C=O) groups is 1. The van der Waals surface area contributed by atoms with E-state index in [0.717, 1.165) is 58.0 Å². The molecule has 0 saturated carbocycles. The predicted molar refractivity (Wildman–Crippen MR) is 164 cm³/mol. The number of halogens is 1. The lowest BCUT2D eigenvalue weighted by Crippen LogP contribution is -2.46. The van der Waals surface area contributed by atoms with Gasteiger partial charge in [0.15, 0.2) is 12.1 Å². The number of fused-ring (bicyclic) bond motifs is 1. The van der Waals surface area contributed by atoms with E-state index in [9.17, 15) is 17.6 Å². The molecule has 2 aromatic rings. The molecule has 0 spiro atoms. The van der Waals surface area contributed by atoms with Gasteiger partial charge in [-0.15, -0.1) is 13.2 Å². The summed E-state index contributed by atoms with van der Waals surface area (Å²) < 4.78 is 55.7. The van der Waals surface area contributed by atoms with Gasteiger partial charge in [-0.3, -0.25) is 9.69 Å². The van der Waals surface area contributed by atoms with Gasteiger partial charge in [-0.25, -0.2) is 12.8 Å². The lowest BCUT2D eigenvalue weighted by Gasteiger charge is -2.36. The SMILES string of the molecule is C=C.CCOC(C)OCC.COc1cccc2c1C(=O)CN(CCCCN1CCN(c3ccc(F)cc3)CC1)S2(=O)=O. The monoisotopic (exact) mass is 607 g/mol. The molecule has 1 fully saturated rings. The van der Waals surface area contributed by atoms with Crippen molar-refractivity contribution in [2.45, 2.75) is 44.8 Å². The third-order valence-electron chi connectivity index (χ3n) is 6.92. The Kier molecular flexibility index (Phi) is 15.1. The molecule has 9 nitrogen and oxygen atoms in total. The molecule has 0 aliphatic carbocycles. The number of anilines is 1. The Morgan fingerprint density at radius 3 is 2.10 bits per heavy atom.